The Hall–Kier alpha value is -2.83. The summed E-state index contributed by atoms with van der Waals surface area (Å²) in [5.41, 5.74) is 0.250. The van der Waals surface area contributed by atoms with Crippen molar-refractivity contribution in [3.63, 3.8) is 0 Å². The van der Waals surface area contributed by atoms with Gasteiger partial charge in [0.05, 0.1) is 16.6 Å². The van der Waals surface area contributed by atoms with E-state index in [1.165, 1.54) is 22.9 Å². The van der Waals surface area contributed by atoms with Gasteiger partial charge < -0.3 is 10.1 Å². The minimum absolute atomic E-state index is 0.0976. The first-order valence-electron chi connectivity index (χ1n) is 8.05. The van der Waals surface area contributed by atoms with Crippen molar-refractivity contribution in [2.24, 2.45) is 0 Å². The minimum atomic E-state index is -0.467. The smallest absolute Gasteiger partial charge is 0.276 e. The summed E-state index contributed by atoms with van der Waals surface area (Å²) in [6.45, 7) is 0.455. The Balaban J connectivity index is 1.67. The van der Waals surface area contributed by atoms with Crippen molar-refractivity contribution in [2.75, 3.05) is 11.9 Å². The summed E-state index contributed by atoms with van der Waals surface area (Å²) in [5, 5.41) is 7.47. The van der Waals surface area contributed by atoms with Crippen molar-refractivity contribution in [3.8, 4) is 5.75 Å². The molecule has 0 fully saturated rings. The predicted octanol–water partition coefficient (Wildman–Crippen LogP) is 3.88. The number of amides is 1. The number of ether oxygens (including phenoxy) is 1. The van der Waals surface area contributed by atoms with Crippen LogP contribution in [-0.4, -0.2) is 22.3 Å². The molecule has 1 amide bonds. The molecule has 0 aliphatic heterocycles. The molecule has 0 aliphatic carbocycles. The largest absolute Gasteiger partial charge is 0.492 e. The van der Waals surface area contributed by atoms with Gasteiger partial charge in [-0.05, 0) is 36.4 Å². The maximum absolute atomic E-state index is 12.4. The van der Waals surface area contributed by atoms with E-state index in [9.17, 15) is 9.59 Å². The molecule has 2 aromatic carbocycles. The number of para-hydroxylation sites is 1. The van der Waals surface area contributed by atoms with Gasteiger partial charge in [-0.15, -0.1) is 0 Å². The summed E-state index contributed by atoms with van der Waals surface area (Å²) < 4.78 is 6.75. The first-order valence-corrected chi connectivity index (χ1v) is 8.81. The van der Waals surface area contributed by atoms with E-state index < -0.39 is 5.91 Å². The fourth-order valence-electron chi connectivity index (χ4n) is 2.27. The molecular formula is C19H15Cl2N3O3. The summed E-state index contributed by atoms with van der Waals surface area (Å²) in [4.78, 5) is 24.3. The van der Waals surface area contributed by atoms with Crippen LogP contribution in [0.25, 0.3) is 0 Å². The summed E-state index contributed by atoms with van der Waals surface area (Å²) in [5.74, 6) is 0.227. The Morgan fingerprint density at radius 3 is 2.56 bits per heavy atom. The molecule has 6 nitrogen and oxygen atoms in total. The van der Waals surface area contributed by atoms with E-state index in [2.05, 4.69) is 10.4 Å². The molecule has 0 atom stereocenters. The van der Waals surface area contributed by atoms with E-state index in [-0.39, 0.29) is 24.4 Å². The number of nitrogens with zero attached hydrogens (tertiary/aromatic N) is 2. The van der Waals surface area contributed by atoms with Crippen LogP contribution in [0.2, 0.25) is 10.0 Å². The predicted molar refractivity (Wildman–Crippen MR) is 105 cm³/mol. The fraction of sp³-hybridized carbons (Fsp3) is 0.105. The van der Waals surface area contributed by atoms with E-state index in [0.29, 0.717) is 21.5 Å². The number of hydrogen-bond donors (Lipinski definition) is 1. The van der Waals surface area contributed by atoms with Gasteiger partial charge in [0.15, 0.2) is 0 Å². The average Bonchev–Trinajstić information content (AvgIpc) is 2.67. The van der Waals surface area contributed by atoms with Crippen molar-refractivity contribution in [2.45, 2.75) is 6.54 Å². The van der Waals surface area contributed by atoms with Gasteiger partial charge in [-0.3, -0.25) is 9.59 Å². The second-order valence-corrected chi connectivity index (χ2v) is 6.34. The van der Waals surface area contributed by atoms with Gasteiger partial charge in [-0.2, -0.15) is 5.10 Å². The number of benzene rings is 2. The standard InChI is InChI=1S/C19H15Cl2N3O3/c20-15-7-6-13(12-16(15)21)22-19(26)17-8-9-18(25)24(23-17)10-11-27-14-4-2-1-3-5-14/h1-9,12H,10-11H2,(H,22,26). The lowest BCUT2D eigenvalue weighted by molar-refractivity contribution is 0.101. The van der Waals surface area contributed by atoms with Gasteiger partial charge in [0.2, 0.25) is 0 Å². The molecule has 3 rings (SSSR count). The van der Waals surface area contributed by atoms with Crippen molar-refractivity contribution in [1.82, 2.24) is 9.78 Å². The van der Waals surface area contributed by atoms with Gasteiger partial charge in [-0.25, -0.2) is 4.68 Å². The monoisotopic (exact) mass is 403 g/mol. The van der Waals surface area contributed by atoms with E-state index in [4.69, 9.17) is 27.9 Å². The van der Waals surface area contributed by atoms with E-state index in [1.54, 1.807) is 12.1 Å². The maximum atomic E-state index is 12.4. The number of nitrogens with one attached hydrogen (secondary N) is 1. The topological polar surface area (TPSA) is 73.2 Å². The van der Waals surface area contributed by atoms with Crippen LogP contribution in [0.1, 0.15) is 10.5 Å². The zero-order valence-corrected chi connectivity index (χ0v) is 15.6. The zero-order valence-electron chi connectivity index (χ0n) is 14.1. The first kappa shape index (κ1) is 18.9. The lowest BCUT2D eigenvalue weighted by atomic mass is 10.3. The normalized spacial score (nSPS) is 10.4. The zero-order chi connectivity index (χ0) is 19.2. The number of rotatable bonds is 6. The molecule has 0 radical (unpaired) electrons. The second kappa shape index (κ2) is 8.70. The van der Waals surface area contributed by atoms with Crippen LogP contribution in [0.5, 0.6) is 5.75 Å². The highest BCUT2D eigenvalue weighted by molar-refractivity contribution is 6.42. The third-order valence-electron chi connectivity index (χ3n) is 3.59. The molecule has 0 aliphatic rings. The summed E-state index contributed by atoms with van der Waals surface area (Å²) in [7, 11) is 0. The Morgan fingerprint density at radius 2 is 1.81 bits per heavy atom. The van der Waals surface area contributed by atoms with Crippen molar-refractivity contribution in [1.29, 1.82) is 0 Å². The molecule has 0 spiro atoms. The number of aromatic nitrogens is 2. The molecule has 0 bridgehead atoms. The average molecular weight is 404 g/mol. The van der Waals surface area contributed by atoms with E-state index >= 15 is 0 Å². The van der Waals surface area contributed by atoms with Gasteiger partial charge in [-0.1, -0.05) is 41.4 Å². The van der Waals surface area contributed by atoms with Crippen LogP contribution in [0.3, 0.4) is 0 Å². The summed E-state index contributed by atoms with van der Waals surface area (Å²) in [6.07, 6.45) is 0. The van der Waals surface area contributed by atoms with Crippen LogP contribution in [0, 0.1) is 0 Å². The number of hydrogen-bond acceptors (Lipinski definition) is 4. The van der Waals surface area contributed by atoms with Gasteiger partial charge in [0.25, 0.3) is 11.5 Å². The van der Waals surface area contributed by atoms with E-state index in [0.717, 1.165) is 0 Å². The van der Waals surface area contributed by atoms with Crippen LogP contribution in [-0.2, 0) is 6.54 Å². The third kappa shape index (κ3) is 5.09. The van der Waals surface area contributed by atoms with Crippen LogP contribution >= 0.6 is 23.2 Å². The highest BCUT2D eigenvalue weighted by Crippen LogP contribution is 2.25. The summed E-state index contributed by atoms with van der Waals surface area (Å²) >= 11 is 11.8. The quantitative estimate of drug-likeness (QED) is 0.677. The number of carbonyl (C=O) groups is 1. The lowest BCUT2D eigenvalue weighted by Gasteiger charge is -2.09. The molecular weight excluding hydrogens is 389 g/mol. The first-order chi connectivity index (χ1) is 13.0. The molecule has 0 saturated carbocycles. The van der Waals surface area contributed by atoms with Gasteiger partial charge in [0.1, 0.15) is 18.1 Å². The molecule has 1 aromatic heterocycles. The Kier molecular flexibility index (Phi) is 6.11. The Bertz CT molecular complexity index is 1010. The van der Waals surface area contributed by atoms with Crippen molar-refractivity contribution < 1.29 is 9.53 Å². The molecule has 1 heterocycles. The van der Waals surface area contributed by atoms with Crippen molar-refractivity contribution in [3.05, 3.63) is 86.8 Å². The Labute approximate surface area is 165 Å². The highest BCUT2D eigenvalue weighted by Gasteiger charge is 2.11. The van der Waals surface area contributed by atoms with Crippen LogP contribution in [0.4, 0.5) is 5.69 Å². The molecule has 0 saturated heterocycles. The second-order valence-electron chi connectivity index (χ2n) is 5.52. The molecule has 0 unspecified atom stereocenters. The van der Waals surface area contributed by atoms with Crippen LogP contribution < -0.4 is 15.6 Å². The molecule has 8 heteroatoms. The lowest BCUT2D eigenvalue weighted by Crippen LogP contribution is -2.28. The third-order valence-corrected chi connectivity index (χ3v) is 4.33. The van der Waals surface area contributed by atoms with Crippen LogP contribution in [0.15, 0.2) is 65.5 Å². The minimum Gasteiger partial charge on any atom is -0.492 e. The SMILES string of the molecule is O=C(Nc1ccc(Cl)c(Cl)c1)c1ccc(=O)n(CCOc2ccccc2)n1. The summed E-state index contributed by atoms with van der Waals surface area (Å²) in [6, 6.07) is 16.6. The van der Waals surface area contributed by atoms with Crippen molar-refractivity contribution >= 4 is 34.8 Å². The maximum Gasteiger partial charge on any atom is 0.276 e. The molecule has 138 valence electrons. The molecule has 1 N–H and O–H groups in total. The Morgan fingerprint density at radius 1 is 1.04 bits per heavy atom. The highest BCUT2D eigenvalue weighted by atomic mass is 35.5. The number of carbonyl (C=O) groups excluding carboxylic acids is 1. The van der Waals surface area contributed by atoms with Gasteiger partial charge >= 0.3 is 0 Å². The van der Waals surface area contributed by atoms with E-state index in [1.807, 2.05) is 30.3 Å². The molecule has 3 aromatic rings. The number of halogens is 2. The van der Waals surface area contributed by atoms with Gasteiger partial charge in [0, 0.05) is 11.8 Å². The molecule has 27 heavy (non-hydrogen) atoms. The number of anilines is 1. The fourth-order valence-corrected chi connectivity index (χ4v) is 2.56.